The fraction of sp³-hybridized carbons (Fsp3) is 0.941. The van der Waals surface area contributed by atoms with Crippen LogP contribution in [-0.2, 0) is 4.79 Å². The lowest BCUT2D eigenvalue weighted by Gasteiger charge is -2.31. The Labute approximate surface area is 124 Å². The molecule has 2 rings (SSSR count). The van der Waals surface area contributed by atoms with Gasteiger partial charge in [-0.05, 0) is 43.9 Å². The number of hydrogen-bond donors (Lipinski definition) is 1. The molecular formula is C17H32N2O. The third-order valence-electron chi connectivity index (χ3n) is 4.82. The second-order valence-electron chi connectivity index (χ2n) is 7.15. The van der Waals surface area contributed by atoms with E-state index < -0.39 is 0 Å². The number of amides is 1. The first kappa shape index (κ1) is 15.8. The molecule has 3 heteroatoms. The summed E-state index contributed by atoms with van der Waals surface area (Å²) in [6.07, 6.45) is 9.81. The van der Waals surface area contributed by atoms with Gasteiger partial charge in [-0.1, -0.05) is 26.7 Å². The van der Waals surface area contributed by atoms with Gasteiger partial charge in [0.25, 0.3) is 0 Å². The molecule has 0 aromatic heterocycles. The van der Waals surface area contributed by atoms with Gasteiger partial charge in [0.05, 0.1) is 0 Å². The van der Waals surface area contributed by atoms with Crippen molar-refractivity contribution in [3.05, 3.63) is 0 Å². The molecule has 116 valence electrons. The van der Waals surface area contributed by atoms with Gasteiger partial charge in [0.1, 0.15) is 0 Å². The smallest absolute Gasteiger partial charge is 0.223 e. The summed E-state index contributed by atoms with van der Waals surface area (Å²) < 4.78 is 0. The van der Waals surface area contributed by atoms with Crippen molar-refractivity contribution in [2.45, 2.75) is 71.3 Å². The van der Waals surface area contributed by atoms with Crippen molar-refractivity contribution in [1.29, 1.82) is 0 Å². The maximum atomic E-state index is 12.0. The highest BCUT2D eigenvalue weighted by Crippen LogP contribution is 2.29. The highest BCUT2D eigenvalue weighted by atomic mass is 16.2. The molecule has 2 unspecified atom stereocenters. The van der Waals surface area contributed by atoms with Crippen LogP contribution >= 0.6 is 0 Å². The van der Waals surface area contributed by atoms with E-state index in [9.17, 15) is 4.79 Å². The molecule has 2 fully saturated rings. The van der Waals surface area contributed by atoms with Gasteiger partial charge >= 0.3 is 0 Å². The lowest BCUT2D eigenvalue weighted by Crippen LogP contribution is -2.37. The van der Waals surface area contributed by atoms with E-state index in [0.29, 0.717) is 18.4 Å². The number of hydrogen-bond acceptors (Lipinski definition) is 2. The van der Waals surface area contributed by atoms with E-state index in [1.54, 1.807) is 0 Å². The van der Waals surface area contributed by atoms with E-state index in [1.165, 1.54) is 44.9 Å². The van der Waals surface area contributed by atoms with Crippen molar-refractivity contribution < 1.29 is 4.79 Å². The van der Waals surface area contributed by atoms with Crippen molar-refractivity contribution in [3.63, 3.8) is 0 Å². The fourth-order valence-electron chi connectivity index (χ4n) is 3.87. The maximum Gasteiger partial charge on any atom is 0.223 e. The van der Waals surface area contributed by atoms with Crippen LogP contribution in [0.4, 0.5) is 0 Å². The second kappa shape index (κ2) is 8.02. The molecular weight excluding hydrogens is 248 g/mol. The molecule has 1 N–H and O–H groups in total. The van der Waals surface area contributed by atoms with E-state index in [2.05, 4.69) is 19.2 Å². The van der Waals surface area contributed by atoms with Crippen LogP contribution in [0.15, 0.2) is 0 Å². The predicted molar refractivity (Wildman–Crippen MR) is 83.6 cm³/mol. The quantitative estimate of drug-likeness (QED) is 0.810. The average Bonchev–Trinajstić information content (AvgIpc) is 2.92. The average molecular weight is 280 g/mol. The number of nitrogens with zero attached hydrogens (tertiary/aromatic N) is 1. The minimum absolute atomic E-state index is 0.351. The Balaban J connectivity index is 1.62. The van der Waals surface area contributed by atoms with Crippen molar-refractivity contribution in [2.75, 3.05) is 19.6 Å². The number of carbonyl (C=O) groups excluding carboxylic acids is 1. The van der Waals surface area contributed by atoms with Crippen LogP contribution in [0.25, 0.3) is 0 Å². The van der Waals surface area contributed by atoms with E-state index in [1.807, 2.05) is 4.90 Å². The Morgan fingerprint density at radius 2 is 1.95 bits per heavy atom. The van der Waals surface area contributed by atoms with Gasteiger partial charge in [0, 0.05) is 32.1 Å². The van der Waals surface area contributed by atoms with Gasteiger partial charge in [-0.25, -0.2) is 0 Å². The molecule has 1 heterocycles. The molecule has 2 atom stereocenters. The van der Waals surface area contributed by atoms with Crippen LogP contribution < -0.4 is 5.32 Å². The predicted octanol–water partition coefficient (Wildman–Crippen LogP) is 3.19. The summed E-state index contributed by atoms with van der Waals surface area (Å²) in [4.78, 5) is 14.0. The maximum absolute atomic E-state index is 12.0. The molecule has 0 radical (unpaired) electrons. The van der Waals surface area contributed by atoms with Gasteiger partial charge in [-0.3, -0.25) is 4.79 Å². The first-order valence-corrected chi connectivity index (χ1v) is 8.66. The lowest BCUT2D eigenvalue weighted by molar-refractivity contribution is -0.130. The first-order valence-electron chi connectivity index (χ1n) is 8.66. The topological polar surface area (TPSA) is 32.3 Å². The van der Waals surface area contributed by atoms with Crippen LogP contribution in [0.3, 0.4) is 0 Å². The van der Waals surface area contributed by atoms with E-state index in [4.69, 9.17) is 0 Å². The monoisotopic (exact) mass is 280 g/mol. The zero-order valence-electron chi connectivity index (χ0n) is 13.4. The van der Waals surface area contributed by atoms with Crippen LogP contribution in [0.1, 0.15) is 65.2 Å². The normalized spacial score (nSPS) is 27.2. The summed E-state index contributed by atoms with van der Waals surface area (Å²) in [5.74, 6) is 2.07. The van der Waals surface area contributed by atoms with Gasteiger partial charge in [0.2, 0.25) is 5.91 Å². The number of nitrogens with one attached hydrogen (secondary N) is 1. The molecule has 0 aromatic carbocycles. The summed E-state index contributed by atoms with van der Waals surface area (Å²) in [5, 5.41) is 3.63. The van der Waals surface area contributed by atoms with E-state index in [0.717, 1.165) is 31.5 Å². The SMILES string of the molecule is CC(C)CC1CCCC(NCCC(=O)N2CCCC2)C1. The zero-order valence-corrected chi connectivity index (χ0v) is 13.4. The molecule has 0 bridgehead atoms. The Bertz CT molecular complexity index is 297. The van der Waals surface area contributed by atoms with Gasteiger partial charge in [-0.15, -0.1) is 0 Å². The fourth-order valence-corrected chi connectivity index (χ4v) is 3.87. The van der Waals surface area contributed by atoms with E-state index in [-0.39, 0.29) is 0 Å². The molecule has 1 amide bonds. The molecule has 1 saturated carbocycles. The molecule has 3 nitrogen and oxygen atoms in total. The highest BCUT2D eigenvalue weighted by molar-refractivity contribution is 5.76. The Hall–Kier alpha value is -0.570. The van der Waals surface area contributed by atoms with Crippen molar-refractivity contribution in [3.8, 4) is 0 Å². The molecule has 1 aliphatic heterocycles. The van der Waals surface area contributed by atoms with E-state index >= 15 is 0 Å². The van der Waals surface area contributed by atoms with Crippen LogP contribution in [0.2, 0.25) is 0 Å². The van der Waals surface area contributed by atoms with Gasteiger partial charge in [-0.2, -0.15) is 0 Å². The van der Waals surface area contributed by atoms with Crippen LogP contribution in [-0.4, -0.2) is 36.5 Å². The zero-order chi connectivity index (χ0) is 14.4. The third-order valence-corrected chi connectivity index (χ3v) is 4.82. The number of likely N-dealkylation sites (tertiary alicyclic amines) is 1. The molecule has 1 saturated heterocycles. The largest absolute Gasteiger partial charge is 0.343 e. The minimum atomic E-state index is 0.351. The minimum Gasteiger partial charge on any atom is -0.343 e. The van der Waals surface area contributed by atoms with Crippen LogP contribution in [0.5, 0.6) is 0 Å². The van der Waals surface area contributed by atoms with Crippen molar-refractivity contribution in [1.82, 2.24) is 10.2 Å². The Kier molecular flexibility index (Phi) is 6.34. The summed E-state index contributed by atoms with van der Waals surface area (Å²) in [5.41, 5.74) is 0. The number of carbonyl (C=O) groups is 1. The van der Waals surface area contributed by atoms with Crippen LogP contribution in [0, 0.1) is 11.8 Å². The summed E-state index contributed by atoms with van der Waals surface area (Å²) in [6.45, 7) is 7.49. The Morgan fingerprint density at radius 1 is 1.20 bits per heavy atom. The third kappa shape index (κ3) is 5.08. The van der Waals surface area contributed by atoms with Crippen molar-refractivity contribution >= 4 is 5.91 Å². The summed E-state index contributed by atoms with van der Waals surface area (Å²) in [7, 11) is 0. The van der Waals surface area contributed by atoms with Gasteiger partial charge in [0.15, 0.2) is 0 Å². The highest BCUT2D eigenvalue weighted by Gasteiger charge is 2.23. The first-order chi connectivity index (χ1) is 9.65. The molecule has 0 aromatic rings. The molecule has 20 heavy (non-hydrogen) atoms. The lowest BCUT2D eigenvalue weighted by atomic mass is 9.81. The standard InChI is InChI=1S/C17H32N2O/c1-14(2)12-15-6-5-7-16(13-15)18-9-8-17(20)19-10-3-4-11-19/h14-16,18H,3-13H2,1-2H3. The van der Waals surface area contributed by atoms with Crippen molar-refractivity contribution in [2.24, 2.45) is 11.8 Å². The molecule has 2 aliphatic rings. The summed E-state index contributed by atoms with van der Waals surface area (Å²) in [6, 6.07) is 0.652. The summed E-state index contributed by atoms with van der Waals surface area (Å²) >= 11 is 0. The van der Waals surface area contributed by atoms with Gasteiger partial charge < -0.3 is 10.2 Å². The second-order valence-corrected chi connectivity index (χ2v) is 7.15. The molecule has 0 spiro atoms. The number of rotatable bonds is 6. The molecule has 1 aliphatic carbocycles. The Morgan fingerprint density at radius 3 is 2.65 bits per heavy atom.